The standard InChI is InChI=1S/C29H25N9/c1-17-3-9-20(10-4-17)38(21-11-5-18(2)6-12-21)22-13-7-19(8-14-22)26-24-25(32)23(15-30)27(33)36-28(24)37-29(35-26)34-16-31/h3-14,26H,1-2H3,(H6,32,33,34,35,36,37). The van der Waals surface area contributed by atoms with Gasteiger partial charge in [0.2, 0.25) is 5.96 Å². The average molecular weight is 500 g/mol. The Morgan fingerprint density at radius 3 is 1.87 bits per heavy atom. The number of nitriles is 2. The van der Waals surface area contributed by atoms with E-state index in [1.54, 1.807) is 0 Å². The molecule has 4 aromatic rings. The lowest BCUT2D eigenvalue weighted by Gasteiger charge is -2.28. The number of rotatable bonds is 4. The second-order valence-electron chi connectivity index (χ2n) is 9.00. The highest BCUT2D eigenvalue weighted by Crippen LogP contribution is 2.42. The molecule has 186 valence electrons. The molecular formula is C29H25N9. The first-order valence-electron chi connectivity index (χ1n) is 11.9. The highest BCUT2D eigenvalue weighted by Gasteiger charge is 2.29. The van der Waals surface area contributed by atoms with Crippen molar-refractivity contribution >= 4 is 40.3 Å². The van der Waals surface area contributed by atoms with Crippen molar-refractivity contribution in [2.45, 2.75) is 19.9 Å². The van der Waals surface area contributed by atoms with Crippen LogP contribution in [0.2, 0.25) is 0 Å². The van der Waals surface area contributed by atoms with Gasteiger partial charge in [0.1, 0.15) is 29.3 Å². The minimum Gasteiger partial charge on any atom is -0.397 e. The summed E-state index contributed by atoms with van der Waals surface area (Å²) in [5, 5.41) is 24.2. The third-order valence-electron chi connectivity index (χ3n) is 6.41. The van der Waals surface area contributed by atoms with Crippen LogP contribution in [0.1, 0.15) is 33.9 Å². The summed E-state index contributed by atoms with van der Waals surface area (Å²) in [6.45, 7) is 4.13. The van der Waals surface area contributed by atoms with Gasteiger partial charge < -0.3 is 21.7 Å². The van der Waals surface area contributed by atoms with E-state index in [1.807, 2.05) is 36.5 Å². The number of guanidine groups is 1. The van der Waals surface area contributed by atoms with E-state index in [4.69, 9.17) is 16.7 Å². The van der Waals surface area contributed by atoms with Gasteiger partial charge in [-0.2, -0.15) is 10.5 Å². The first kappa shape index (κ1) is 24.2. The van der Waals surface area contributed by atoms with Crippen molar-refractivity contribution in [3.8, 4) is 12.3 Å². The predicted molar refractivity (Wildman–Crippen MR) is 150 cm³/mol. The largest absolute Gasteiger partial charge is 0.397 e. The minimum atomic E-state index is -0.608. The lowest BCUT2D eigenvalue weighted by Crippen LogP contribution is -2.32. The fraction of sp³-hybridized carbons (Fsp3) is 0.103. The van der Waals surface area contributed by atoms with Crippen LogP contribution >= 0.6 is 0 Å². The number of aromatic nitrogens is 1. The van der Waals surface area contributed by atoms with Gasteiger partial charge in [-0.1, -0.05) is 47.5 Å². The van der Waals surface area contributed by atoms with Gasteiger partial charge in [-0.15, -0.1) is 0 Å². The van der Waals surface area contributed by atoms with Crippen molar-refractivity contribution in [2.75, 3.05) is 21.7 Å². The van der Waals surface area contributed by atoms with E-state index in [9.17, 15) is 5.26 Å². The summed E-state index contributed by atoms with van der Waals surface area (Å²) in [6.07, 6.45) is 1.87. The minimum absolute atomic E-state index is 0.00962. The fourth-order valence-corrected chi connectivity index (χ4v) is 4.46. The SMILES string of the molecule is Cc1ccc(N(c2ccc(C)cc2)c2ccc(C3N=C(NC#N)Nc4nc(N)c(C#N)c(N)c43)cc2)cc1. The second-order valence-corrected chi connectivity index (χ2v) is 9.00. The number of pyridine rings is 1. The Kier molecular flexibility index (Phi) is 6.26. The average Bonchev–Trinajstić information content (AvgIpc) is 2.91. The van der Waals surface area contributed by atoms with E-state index < -0.39 is 6.04 Å². The summed E-state index contributed by atoms with van der Waals surface area (Å²) in [5.41, 5.74) is 19.3. The molecule has 1 aliphatic heterocycles. The van der Waals surface area contributed by atoms with Crippen molar-refractivity contribution in [1.82, 2.24) is 10.3 Å². The zero-order valence-corrected chi connectivity index (χ0v) is 20.9. The molecule has 1 unspecified atom stereocenters. The zero-order chi connectivity index (χ0) is 26.8. The van der Waals surface area contributed by atoms with Gasteiger partial charge in [0.15, 0.2) is 6.19 Å². The summed E-state index contributed by atoms with van der Waals surface area (Å²) < 4.78 is 0. The molecule has 0 aliphatic carbocycles. The van der Waals surface area contributed by atoms with Crippen LogP contribution in [0.4, 0.5) is 34.4 Å². The number of aryl methyl sites for hydroxylation is 2. The molecule has 9 heteroatoms. The monoisotopic (exact) mass is 499 g/mol. The Balaban J connectivity index is 1.60. The molecule has 6 N–H and O–H groups in total. The number of anilines is 6. The van der Waals surface area contributed by atoms with E-state index >= 15 is 0 Å². The fourth-order valence-electron chi connectivity index (χ4n) is 4.46. The Morgan fingerprint density at radius 1 is 0.842 bits per heavy atom. The van der Waals surface area contributed by atoms with Crippen LogP contribution in [0.5, 0.6) is 0 Å². The van der Waals surface area contributed by atoms with Crippen molar-refractivity contribution in [3.63, 3.8) is 0 Å². The smallest absolute Gasteiger partial charge is 0.211 e. The maximum atomic E-state index is 9.57. The van der Waals surface area contributed by atoms with Gasteiger partial charge in [-0.25, -0.2) is 9.98 Å². The summed E-state index contributed by atoms with van der Waals surface area (Å²) >= 11 is 0. The number of nitrogens with two attached hydrogens (primary N) is 2. The molecule has 0 spiro atoms. The Hall–Kier alpha value is -5.54. The van der Waals surface area contributed by atoms with E-state index in [0.29, 0.717) is 11.4 Å². The molecule has 1 aliphatic rings. The normalized spacial score (nSPS) is 13.8. The zero-order valence-electron chi connectivity index (χ0n) is 20.9. The molecule has 0 amide bonds. The summed E-state index contributed by atoms with van der Waals surface area (Å²) in [4.78, 5) is 11.1. The molecule has 0 radical (unpaired) electrons. The molecule has 0 bridgehead atoms. The van der Waals surface area contributed by atoms with Crippen molar-refractivity contribution in [1.29, 1.82) is 10.5 Å². The van der Waals surface area contributed by atoms with E-state index in [1.165, 1.54) is 11.1 Å². The van der Waals surface area contributed by atoms with Crippen molar-refractivity contribution in [3.05, 3.63) is 101 Å². The van der Waals surface area contributed by atoms with Crippen molar-refractivity contribution in [2.24, 2.45) is 4.99 Å². The molecule has 2 heterocycles. The van der Waals surface area contributed by atoms with Gasteiger partial charge in [0, 0.05) is 22.6 Å². The van der Waals surface area contributed by atoms with Gasteiger partial charge in [0.05, 0.1) is 5.69 Å². The predicted octanol–water partition coefficient (Wildman–Crippen LogP) is 5.15. The van der Waals surface area contributed by atoms with Gasteiger partial charge in [0.25, 0.3) is 0 Å². The van der Waals surface area contributed by atoms with E-state index in [0.717, 1.165) is 22.6 Å². The Morgan fingerprint density at radius 2 is 1.37 bits per heavy atom. The molecule has 9 nitrogen and oxygen atoms in total. The maximum Gasteiger partial charge on any atom is 0.211 e. The first-order valence-corrected chi connectivity index (χ1v) is 11.9. The quantitative estimate of drug-likeness (QED) is 0.222. The van der Waals surface area contributed by atoms with Gasteiger partial charge in [-0.05, 0) is 55.8 Å². The first-order chi connectivity index (χ1) is 18.4. The molecule has 1 aromatic heterocycles. The van der Waals surface area contributed by atoms with Crippen LogP contribution in [0.15, 0.2) is 77.8 Å². The lowest BCUT2D eigenvalue weighted by molar-refractivity contribution is 0.846. The summed E-state index contributed by atoms with van der Waals surface area (Å²) in [7, 11) is 0. The molecule has 0 saturated heterocycles. The molecular weight excluding hydrogens is 474 g/mol. The van der Waals surface area contributed by atoms with Gasteiger partial charge in [-0.3, -0.25) is 5.32 Å². The molecule has 1 atom stereocenters. The number of hydrogen-bond donors (Lipinski definition) is 4. The van der Waals surface area contributed by atoms with Crippen LogP contribution in [0, 0.1) is 36.6 Å². The number of benzene rings is 3. The van der Waals surface area contributed by atoms with Crippen LogP contribution in [-0.2, 0) is 0 Å². The van der Waals surface area contributed by atoms with E-state index in [-0.39, 0.29) is 23.0 Å². The number of nitrogen functional groups attached to an aromatic ring is 2. The topological polar surface area (TPSA) is 152 Å². The van der Waals surface area contributed by atoms with Crippen LogP contribution in [0.25, 0.3) is 0 Å². The molecule has 38 heavy (non-hydrogen) atoms. The number of hydrogen-bond acceptors (Lipinski definition) is 9. The van der Waals surface area contributed by atoms with Crippen LogP contribution < -0.4 is 27.0 Å². The maximum absolute atomic E-state index is 9.57. The van der Waals surface area contributed by atoms with Gasteiger partial charge >= 0.3 is 0 Å². The number of fused-ring (bicyclic) bond motifs is 1. The Labute approximate surface area is 220 Å². The highest BCUT2D eigenvalue weighted by molar-refractivity contribution is 5.98. The lowest BCUT2D eigenvalue weighted by atomic mass is 9.95. The van der Waals surface area contributed by atoms with E-state index in [2.05, 4.69) is 87.9 Å². The third kappa shape index (κ3) is 4.41. The summed E-state index contributed by atoms with van der Waals surface area (Å²) in [6, 6.07) is 26.1. The van der Waals surface area contributed by atoms with Crippen LogP contribution in [0.3, 0.4) is 0 Å². The number of nitrogens with zero attached hydrogens (tertiary/aromatic N) is 5. The molecule has 5 rings (SSSR count). The number of aliphatic imine (C=N–C) groups is 1. The Bertz CT molecular complexity index is 1560. The highest BCUT2D eigenvalue weighted by atomic mass is 15.2. The van der Waals surface area contributed by atoms with Crippen LogP contribution in [-0.4, -0.2) is 10.9 Å². The number of nitrogens with one attached hydrogen (secondary N) is 2. The second kappa shape index (κ2) is 9.84. The third-order valence-corrected chi connectivity index (χ3v) is 6.41. The molecule has 0 saturated carbocycles. The summed E-state index contributed by atoms with van der Waals surface area (Å²) in [5.74, 6) is 0.572. The molecule has 0 fully saturated rings. The molecule has 3 aromatic carbocycles. The van der Waals surface area contributed by atoms with Crippen molar-refractivity contribution < 1.29 is 0 Å².